The number of nitrogens with one attached hydrogen (secondary N) is 2. The molecule has 5 nitrogen and oxygen atoms in total. The molecule has 1 rings (SSSR count). The minimum atomic E-state index is -0.479. The third kappa shape index (κ3) is 3.08. The Hall–Kier alpha value is -1.33. The Kier molecular flexibility index (Phi) is 4.52. The fourth-order valence-corrected chi connectivity index (χ4v) is 1.55. The predicted molar refractivity (Wildman–Crippen MR) is 65.3 cm³/mol. The average molecular weight is 244 g/mol. The molecule has 88 valence electrons. The molecule has 0 heterocycles. The Labute approximate surface area is 98.9 Å². The van der Waals surface area contributed by atoms with Crippen LogP contribution in [0.2, 0.25) is 5.02 Å². The SMILES string of the molecule is CNCCNc1cc(Cl)c([N+](=O)[O-])cc1C. The van der Waals surface area contributed by atoms with Crippen LogP contribution in [0.5, 0.6) is 0 Å². The van der Waals surface area contributed by atoms with Gasteiger partial charge in [-0.15, -0.1) is 0 Å². The molecule has 0 bridgehead atoms. The van der Waals surface area contributed by atoms with E-state index in [-0.39, 0.29) is 10.7 Å². The second kappa shape index (κ2) is 5.67. The van der Waals surface area contributed by atoms with Crippen molar-refractivity contribution in [3.8, 4) is 0 Å². The molecule has 0 saturated heterocycles. The van der Waals surface area contributed by atoms with Gasteiger partial charge in [-0.3, -0.25) is 10.1 Å². The summed E-state index contributed by atoms with van der Waals surface area (Å²) in [6.07, 6.45) is 0. The van der Waals surface area contributed by atoms with Crippen molar-refractivity contribution in [3.63, 3.8) is 0 Å². The molecule has 0 unspecified atom stereocenters. The standard InChI is InChI=1S/C10H14ClN3O2/c1-7-5-10(14(15)16)8(11)6-9(7)13-4-3-12-2/h5-6,12-13H,3-4H2,1-2H3. The summed E-state index contributed by atoms with van der Waals surface area (Å²) in [5.74, 6) is 0. The number of hydrogen-bond donors (Lipinski definition) is 2. The molecule has 0 atom stereocenters. The number of anilines is 1. The summed E-state index contributed by atoms with van der Waals surface area (Å²) >= 11 is 5.81. The molecule has 0 aliphatic carbocycles. The molecular formula is C10H14ClN3O2. The molecule has 0 aliphatic heterocycles. The molecule has 2 N–H and O–H groups in total. The maximum atomic E-state index is 10.6. The Balaban J connectivity index is 2.88. The lowest BCUT2D eigenvalue weighted by molar-refractivity contribution is -0.384. The van der Waals surface area contributed by atoms with Crippen LogP contribution in [0.1, 0.15) is 5.56 Å². The molecule has 16 heavy (non-hydrogen) atoms. The van der Waals surface area contributed by atoms with Crippen molar-refractivity contribution < 1.29 is 4.92 Å². The molecule has 0 aliphatic rings. The van der Waals surface area contributed by atoms with Gasteiger partial charge in [0.1, 0.15) is 5.02 Å². The number of halogens is 1. The van der Waals surface area contributed by atoms with Crippen LogP contribution in [0, 0.1) is 17.0 Å². The first-order chi connectivity index (χ1) is 7.56. The van der Waals surface area contributed by atoms with Crippen molar-refractivity contribution in [1.29, 1.82) is 0 Å². The highest BCUT2D eigenvalue weighted by Crippen LogP contribution is 2.30. The molecule has 1 aromatic rings. The molecule has 1 aromatic carbocycles. The minimum Gasteiger partial charge on any atom is -0.384 e. The summed E-state index contributed by atoms with van der Waals surface area (Å²) in [5.41, 5.74) is 1.58. The van der Waals surface area contributed by atoms with Gasteiger partial charge in [-0.05, 0) is 25.6 Å². The highest BCUT2D eigenvalue weighted by atomic mass is 35.5. The fourth-order valence-electron chi connectivity index (χ4n) is 1.32. The Morgan fingerprint density at radius 3 is 2.69 bits per heavy atom. The van der Waals surface area contributed by atoms with Crippen LogP contribution in [0.15, 0.2) is 12.1 Å². The van der Waals surface area contributed by atoms with E-state index < -0.39 is 4.92 Å². The van der Waals surface area contributed by atoms with Gasteiger partial charge in [-0.25, -0.2) is 0 Å². The van der Waals surface area contributed by atoms with Crippen molar-refractivity contribution in [2.24, 2.45) is 0 Å². The van der Waals surface area contributed by atoms with E-state index in [1.165, 1.54) is 6.07 Å². The van der Waals surface area contributed by atoms with Crippen LogP contribution >= 0.6 is 11.6 Å². The van der Waals surface area contributed by atoms with Crippen LogP contribution in [-0.4, -0.2) is 25.1 Å². The predicted octanol–water partition coefficient (Wildman–Crippen LogP) is 2.19. The first-order valence-corrected chi connectivity index (χ1v) is 5.27. The molecule has 0 radical (unpaired) electrons. The number of benzene rings is 1. The van der Waals surface area contributed by atoms with Gasteiger partial charge in [0.25, 0.3) is 5.69 Å². The normalized spacial score (nSPS) is 10.2. The second-order valence-electron chi connectivity index (χ2n) is 3.41. The van der Waals surface area contributed by atoms with Crippen LogP contribution in [0.3, 0.4) is 0 Å². The molecule has 0 aromatic heterocycles. The van der Waals surface area contributed by atoms with E-state index >= 15 is 0 Å². The zero-order chi connectivity index (χ0) is 12.1. The van der Waals surface area contributed by atoms with E-state index in [0.717, 1.165) is 24.3 Å². The first-order valence-electron chi connectivity index (χ1n) is 4.89. The summed E-state index contributed by atoms with van der Waals surface area (Å²) in [6, 6.07) is 3.06. The van der Waals surface area contributed by atoms with E-state index in [4.69, 9.17) is 11.6 Å². The van der Waals surface area contributed by atoms with Gasteiger partial charge in [0, 0.05) is 24.8 Å². The van der Waals surface area contributed by atoms with Crippen molar-refractivity contribution in [2.75, 3.05) is 25.5 Å². The number of likely N-dealkylation sites (N-methyl/N-ethyl adjacent to an activating group) is 1. The van der Waals surface area contributed by atoms with E-state index in [0.29, 0.717) is 0 Å². The maximum Gasteiger partial charge on any atom is 0.288 e. The number of nitro benzene ring substituents is 1. The van der Waals surface area contributed by atoms with Crippen LogP contribution in [0.4, 0.5) is 11.4 Å². The Morgan fingerprint density at radius 2 is 2.12 bits per heavy atom. The Bertz CT molecular complexity index is 396. The summed E-state index contributed by atoms with van der Waals surface area (Å²) in [7, 11) is 1.86. The van der Waals surface area contributed by atoms with Crippen molar-refractivity contribution in [1.82, 2.24) is 5.32 Å². The minimum absolute atomic E-state index is 0.0571. The van der Waals surface area contributed by atoms with Crippen LogP contribution in [0.25, 0.3) is 0 Å². The van der Waals surface area contributed by atoms with Gasteiger partial charge in [0.2, 0.25) is 0 Å². The van der Waals surface area contributed by atoms with Gasteiger partial charge in [-0.2, -0.15) is 0 Å². The summed E-state index contributed by atoms with van der Waals surface area (Å²) in [5, 5.41) is 16.9. The maximum absolute atomic E-state index is 10.6. The molecule has 0 spiro atoms. The highest BCUT2D eigenvalue weighted by Gasteiger charge is 2.14. The quantitative estimate of drug-likeness (QED) is 0.473. The Morgan fingerprint density at radius 1 is 1.44 bits per heavy atom. The molecule has 0 amide bonds. The lowest BCUT2D eigenvalue weighted by atomic mass is 10.2. The van der Waals surface area contributed by atoms with Crippen LogP contribution < -0.4 is 10.6 Å². The number of hydrogen-bond acceptors (Lipinski definition) is 4. The van der Waals surface area contributed by atoms with E-state index in [1.807, 2.05) is 14.0 Å². The zero-order valence-electron chi connectivity index (χ0n) is 9.21. The van der Waals surface area contributed by atoms with Gasteiger partial charge in [0.15, 0.2) is 0 Å². The third-order valence-corrected chi connectivity index (χ3v) is 2.48. The number of rotatable bonds is 5. The molecule has 0 saturated carbocycles. The fraction of sp³-hybridized carbons (Fsp3) is 0.400. The van der Waals surface area contributed by atoms with E-state index in [9.17, 15) is 10.1 Å². The van der Waals surface area contributed by atoms with Gasteiger partial charge < -0.3 is 10.6 Å². The van der Waals surface area contributed by atoms with Gasteiger partial charge in [-0.1, -0.05) is 11.6 Å². The lowest BCUT2D eigenvalue weighted by Gasteiger charge is -2.09. The topological polar surface area (TPSA) is 67.2 Å². The molecular weight excluding hydrogens is 230 g/mol. The largest absolute Gasteiger partial charge is 0.384 e. The summed E-state index contributed by atoms with van der Waals surface area (Å²) in [6.45, 7) is 3.37. The number of aryl methyl sites for hydroxylation is 1. The zero-order valence-corrected chi connectivity index (χ0v) is 9.97. The first kappa shape index (κ1) is 12.7. The second-order valence-corrected chi connectivity index (χ2v) is 3.81. The van der Waals surface area contributed by atoms with Crippen molar-refractivity contribution in [3.05, 3.63) is 32.8 Å². The van der Waals surface area contributed by atoms with Gasteiger partial charge >= 0.3 is 0 Å². The number of nitrogens with zero attached hydrogens (tertiary/aromatic N) is 1. The number of nitro groups is 1. The van der Waals surface area contributed by atoms with Gasteiger partial charge in [0.05, 0.1) is 4.92 Å². The molecule has 0 fully saturated rings. The van der Waals surface area contributed by atoms with E-state index in [2.05, 4.69) is 10.6 Å². The third-order valence-electron chi connectivity index (χ3n) is 2.18. The van der Waals surface area contributed by atoms with Crippen LogP contribution in [-0.2, 0) is 0 Å². The lowest BCUT2D eigenvalue weighted by Crippen LogP contribution is -2.18. The van der Waals surface area contributed by atoms with Crippen molar-refractivity contribution in [2.45, 2.75) is 6.92 Å². The van der Waals surface area contributed by atoms with Crippen molar-refractivity contribution >= 4 is 23.0 Å². The average Bonchev–Trinajstić information content (AvgIpc) is 2.22. The molecule has 6 heteroatoms. The highest BCUT2D eigenvalue weighted by molar-refractivity contribution is 6.33. The summed E-state index contributed by atoms with van der Waals surface area (Å²) in [4.78, 5) is 10.2. The summed E-state index contributed by atoms with van der Waals surface area (Å²) < 4.78 is 0. The smallest absolute Gasteiger partial charge is 0.288 e. The van der Waals surface area contributed by atoms with E-state index in [1.54, 1.807) is 6.07 Å². The monoisotopic (exact) mass is 243 g/mol.